The fourth-order valence-electron chi connectivity index (χ4n) is 1.60. The minimum Gasteiger partial charge on any atom is -0.379 e. The fourth-order valence-corrected chi connectivity index (χ4v) is 4.54. The van der Waals surface area contributed by atoms with Gasteiger partial charge in [0.05, 0.1) is 32.9 Å². The first-order valence-corrected chi connectivity index (χ1v) is 7.19. The average Bonchev–Trinajstić information content (AvgIpc) is 2.20. The van der Waals surface area contributed by atoms with Crippen LogP contribution < -0.4 is 0 Å². The molecule has 84 valence electrons. The van der Waals surface area contributed by atoms with Crippen LogP contribution in [0.4, 0.5) is 0 Å². The Bertz CT molecular complexity index is 174. The lowest BCUT2D eigenvalue weighted by atomic mass is 9.95. The van der Waals surface area contributed by atoms with E-state index >= 15 is 0 Å². The van der Waals surface area contributed by atoms with Crippen molar-refractivity contribution in [3.05, 3.63) is 0 Å². The van der Waals surface area contributed by atoms with Crippen LogP contribution in [0.25, 0.3) is 0 Å². The van der Waals surface area contributed by atoms with Crippen molar-refractivity contribution in [3.8, 4) is 0 Å². The summed E-state index contributed by atoms with van der Waals surface area (Å²) in [5, 5.41) is -1.09. The molecule has 0 aromatic rings. The molecule has 6 heteroatoms. The van der Waals surface area contributed by atoms with E-state index < -0.39 is 0 Å². The second-order valence-electron chi connectivity index (χ2n) is 3.18. The number of halogens is 4. The highest BCUT2D eigenvalue weighted by molar-refractivity contribution is 7.99. The molecule has 0 heterocycles. The Morgan fingerprint density at radius 2 is 1.43 bits per heavy atom. The van der Waals surface area contributed by atoms with Gasteiger partial charge in [0.1, 0.15) is 0 Å². The highest BCUT2D eigenvalue weighted by Gasteiger charge is 2.48. The molecule has 6 atom stereocenters. The summed E-state index contributed by atoms with van der Waals surface area (Å²) >= 11 is 26.1. The van der Waals surface area contributed by atoms with Crippen LogP contribution in [0.2, 0.25) is 0 Å². The lowest BCUT2D eigenvalue weighted by Crippen LogP contribution is -2.55. The second-order valence-corrected chi connectivity index (χ2v) is 6.21. The van der Waals surface area contributed by atoms with E-state index in [0.717, 1.165) is 0 Å². The summed E-state index contributed by atoms with van der Waals surface area (Å²) in [4.78, 5) is 0. The van der Waals surface area contributed by atoms with E-state index in [2.05, 4.69) is 0 Å². The quantitative estimate of drug-likeness (QED) is 0.724. The van der Waals surface area contributed by atoms with Gasteiger partial charge in [0.2, 0.25) is 0 Å². The van der Waals surface area contributed by atoms with Crippen LogP contribution in [0.1, 0.15) is 0 Å². The highest BCUT2D eigenvalue weighted by Crippen LogP contribution is 2.40. The largest absolute Gasteiger partial charge is 0.379 e. The maximum absolute atomic E-state index is 6.19. The number of hydrogen-bond acceptors (Lipinski definition) is 2. The van der Waals surface area contributed by atoms with Crippen LogP contribution >= 0.6 is 58.2 Å². The predicted molar refractivity (Wildman–Crippen MR) is 66.7 cm³/mol. The zero-order valence-corrected chi connectivity index (χ0v) is 11.6. The van der Waals surface area contributed by atoms with Crippen LogP contribution in [-0.4, -0.2) is 46.2 Å². The molecule has 0 amide bonds. The van der Waals surface area contributed by atoms with Crippen LogP contribution in [0.3, 0.4) is 0 Å². The Morgan fingerprint density at radius 3 is 1.86 bits per heavy atom. The molecule has 0 unspecified atom stereocenters. The molecule has 0 aliphatic heterocycles. The third-order valence-corrected chi connectivity index (χ3v) is 6.20. The lowest BCUT2D eigenvalue weighted by molar-refractivity contribution is 0.0832. The first kappa shape index (κ1) is 13.5. The van der Waals surface area contributed by atoms with Crippen LogP contribution in [0.5, 0.6) is 0 Å². The summed E-state index contributed by atoms with van der Waals surface area (Å²) in [7, 11) is 1.62. The lowest BCUT2D eigenvalue weighted by Gasteiger charge is -2.42. The SMILES string of the molecule is CO[C@H]1[C@@H](Cl)[C@H](Cl)[C@@H](Cl)[C@@H](Cl)[C@@H]1SC. The molecule has 0 N–H and O–H groups in total. The van der Waals surface area contributed by atoms with E-state index in [1.807, 2.05) is 6.26 Å². The maximum Gasteiger partial charge on any atom is 0.0882 e. The van der Waals surface area contributed by atoms with Gasteiger partial charge in [-0.05, 0) is 6.26 Å². The van der Waals surface area contributed by atoms with Crippen LogP contribution in [-0.2, 0) is 4.74 Å². The van der Waals surface area contributed by atoms with Crippen LogP contribution in [0.15, 0.2) is 0 Å². The first-order chi connectivity index (χ1) is 6.54. The van der Waals surface area contributed by atoms with Crippen molar-refractivity contribution in [1.82, 2.24) is 0 Å². The minimum absolute atomic E-state index is 0.0849. The minimum atomic E-state index is -0.353. The Balaban J connectivity index is 2.84. The zero-order chi connectivity index (χ0) is 10.9. The number of alkyl halides is 4. The van der Waals surface area contributed by atoms with Crippen LogP contribution in [0, 0.1) is 0 Å². The third-order valence-electron chi connectivity index (χ3n) is 2.41. The molecule has 0 radical (unpaired) electrons. The van der Waals surface area contributed by atoms with Gasteiger partial charge in [0.25, 0.3) is 0 Å². The molecular weight excluding hydrogens is 286 g/mol. The summed E-state index contributed by atoms with van der Waals surface area (Å²) in [6, 6.07) is 0. The fraction of sp³-hybridized carbons (Fsp3) is 1.00. The van der Waals surface area contributed by atoms with Crippen molar-refractivity contribution >= 4 is 58.2 Å². The molecule has 1 saturated carbocycles. The molecule has 0 bridgehead atoms. The van der Waals surface area contributed by atoms with Gasteiger partial charge in [-0.15, -0.1) is 46.4 Å². The Labute approximate surface area is 109 Å². The van der Waals surface area contributed by atoms with Gasteiger partial charge in [-0.3, -0.25) is 0 Å². The van der Waals surface area contributed by atoms with E-state index in [1.54, 1.807) is 18.9 Å². The molecule has 0 aromatic carbocycles. The van der Waals surface area contributed by atoms with Crippen molar-refractivity contribution < 1.29 is 4.74 Å². The normalized spacial score (nSPS) is 49.3. The van der Waals surface area contributed by atoms with Gasteiger partial charge < -0.3 is 4.74 Å². The Hall–Kier alpha value is 1.47. The summed E-state index contributed by atoms with van der Waals surface area (Å²) in [6.45, 7) is 0. The number of methoxy groups -OCH3 is 1. The predicted octanol–water partition coefficient (Wildman–Crippen LogP) is 3.18. The zero-order valence-electron chi connectivity index (χ0n) is 7.79. The summed E-state index contributed by atoms with van der Waals surface area (Å²) in [6.07, 6.45) is 1.82. The van der Waals surface area contributed by atoms with Gasteiger partial charge in [0, 0.05) is 7.11 Å². The molecule has 1 aliphatic rings. The van der Waals surface area contributed by atoms with Gasteiger partial charge in [0.15, 0.2) is 0 Å². The van der Waals surface area contributed by atoms with Crippen molar-refractivity contribution in [1.29, 1.82) is 0 Å². The Kier molecular flexibility index (Phi) is 5.51. The summed E-state index contributed by atoms with van der Waals surface area (Å²) < 4.78 is 5.32. The number of ether oxygens (including phenoxy) is 1. The highest BCUT2D eigenvalue weighted by atomic mass is 35.5. The third kappa shape index (κ3) is 2.41. The summed E-state index contributed by atoms with van der Waals surface area (Å²) in [5.41, 5.74) is 0. The first-order valence-electron chi connectivity index (χ1n) is 4.16. The van der Waals surface area contributed by atoms with E-state index in [0.29, 0.717) is 0 Å². The maximum atomic E-state index is 6.19. The van der Waals surface area contributed by atoms with E-state index in [9.17, 15) is 0 Å². The van der Waals surface area contributed by atoms with Gasteiger partial charge in [-0.1, -0.05) is 0 Å². The van der Waals surface area contributed by atoms with Crippen molar-refractivity contribution in [2.45, 2.75) is 32.9 Å². The molecule has 1 nitrogen and oxygen atoms in total. The number of thioether (sulfide) groups is 1. The van der Waals surface area contributed by atoms with Gasteiger partial charge in [-0.2, -0.15) is 11.8 Å². The van der Waals surface area contributed by atoms with E-state index in [1.165, 1.54) is 0 Å². The molecular formula is C8H12Cl4OS. The van der Waals surface area contributed by atoms with E-state index in [-0.39, 0.29) is 32.9 Å². The molecule has 0 spiro atoms. The second kappa shape index (κ2) is 5.70. The molecule has 0 aromatic heterocycles. The van der Waals surface area contributed by atoms with Crippen molar-refractivity contribution in [3.63, 3.8) is 0 Å². The van der Waals surface area contributed by atoms with Gasteiger partial charge in [-0.25, -0.2) is 0 Å². The molecule has 0 saturated heterocycles. The number of rotatable bonds is 2. The average molecular weight is 298 g/mol. The van der Waals surface area contributed by atoms with E-state index in [4.69, 9.17) is 51.1 Å². The van der Waals surface area contributed by atoms with Gasteiger partial charge >= 0.3 is 0 Å². The standard InChI is InChI=1S/C8H12Cl4OS/c1-13-7-5(11)3(9)4(10)6(12)8(7)14-2/h3-8H,1-2H3/t3-,4-,5+,6-,7+,8+/m1/s1. The Morgan fingerprint density at radius 1 is 0.929 bits per heavy atom. The molecule has 14 heavy (non-hydrogen) atoms. The molecule has 1 rings (SSSR count). The number of hydrogen-bond donors (Lipinski definition) is 0. The summed E-state index contributed by atoms with van der Waals surface area (Å²) in [5.74, 6) is 0. The monoisotopic (exact) mass is 296 g/mol. The molecule has 1 fully saturated rings. The van der Waals surface area contributed by atoms with Crippen molar-refractivity contribution in [2.24, 2.45) is 0 Å². The molecule has 1 aliphatic carbocycles. The van der Waals surface area contributed by atoms with Crippen molar-refractivity contribution in [2.75, 3.05) is 13.4 Å². The topological polar surface area (TPSA) is 9.23 Å². The smallest absolute Gasteiger partial charge is 0.0882 e.